The summed E-state index contributed by atoms with van der Waals surface area (Å²) < 4.78 is 27.3. The molecule has 0 spiro atoms. The minimum atomic E-state index is -3.04. The molecule has 1 heterocycles. The average molecular weight is 326 g/mol. The Morgan fingerprint density at radius 1 is 1.23 bits per heavy atom. The summed E-state index contributed by atoms with van der Waals surface area (Å²) in [6.45, 7) is 3.40. The van der Waals surface area contributed by atoms with E-state index in [0.717, 1.165) is 43.8 Å². The lowest BCUT2D eigenvalue weighted by Gasteiger charge is -2.28. The van der Waals surface area contributed by atoms with Gasteiger partial charge in [-0.2, -0.15) is 0 Å². The molecule has 1 N–H and O–H groups in total. The molecule has 22 heavy (non-hydrogen) atoms. The smallest absolute Gasteiger partial charge is 0.224 e. The fourth-order valence-corrected chi connectivity index (χ4v) is 2.74. The van der Waals surface area contributed by atoms with Crippen LogP contribution in [0.1, 0.15) is 5.56 Å². The molecule has 0 radical (unpaired) electrons. The highest BCUT2D eigenvalue weighted by Gasteiger charge is 2.11. The first-order valence-corrected chi connectivity index (χ1v) is 9.36. The molecule has 0 saturated carbocycles. The van der Waals surface area contributed by atoms with Crippen molar-refractivity contribution in [1.82, 2.24) is 5.32 Å². The molecule has 2 rings (SSSR count). The highest BCUT2D eigenvalue weighted by atomic mass is 32.2. The Morgan fingerprint density at radius 2 is 1.86 bits per heavy atom. The largest absolute Gasteiger partial charge is 0.378 e. The Bertz CT molecular complexity index is 592. The van der Waals surface area contributed by atoms with Crippen molar-refractivity contribution in [2.45, 2.75) is 6.42 Å². The topological polar surface area (TPSA) is 75.7 Å². The second-order valence-electron chi connectivity index (χ2n) is 5.42. The lowest BCUT2D eigenvalue weighted by Crippen LogP contribution is -2.36. The third kappa shape index (κ3) is 5.65. The zero-order valence-electron chi connectivity index (χ0n) is 12.7. The van der Waals surface area contributed by atoms with E-state index in [1.54, 1.807) is 0 Å². The molecular formula is C15H22N2O4S. The van der Waals surface area contributed by atoms with Crippen LogP contribution in [0, 0.1) is 0 Å². The van der Waals surface area contributed by atoms with Crippen LogP contribution in [0.2, 0.25) is 0 Å². The van der Waals surface area contributed by atoms with Crippen molar-refractivity contribution in [2.24, 2.45) is 0 Å². The average Bonchev–Trinajstić information content (AvgIpc) is 2.47. The van der Waals surface area contributed by atoms with Crippen LogP contribution in [0.15, 0.2) is 24.3 Å². The van der Waals surface area contributed by atoms with E-state index < -0.39 is 9.84 Å². The molecule has 1 aromatic carbocycles. The second kappa shape index (κ2) is 7.60. The maximum Gasteiger partial charge on any atom is 0.224 e. The molecule has 6 nitrogen and oxygen atoms in total. The lowest BCUT2D eigenvalue weighted by molar-refractivity contribution is -0.120. The molecule has 1 aliphatic heterocycles. The number of anilines is 1. The van der Waals surface area contributed by atoms with Gasteiger partial charge in [-0.25, -0.2) is 8.42 Å². The number of carbonyl (C=O) groups excluding carboxylic acids is 1. The molecule has 122 valence electrons. The summed E-state index contributed by atoms with van der Waals surface area (Å²) in [5.41, 5.74) is 2.04. The molecule has 1 fully saturated rings. The van der Waals surface area contributed by atoms with Crippen molar-refractivity contribution in [1.29, 1.82) is 0 Å². The zero-order chi connectivity index (χ0) is 16.0. The van der Waals surface area contributed by atoms with Gasteiger partial charge in [0.1, 0.15) is 9.84 Å². The predicted molar refractivity (Wildman–Crippen MR) is 85.9 cm³/mol. The van der Waals surface area contributed by atoms with E-state index in [4.69, 9.17) is 4.74 Å². The first-order valence-electron chi connectivity index (χ1n) is 7.30. The number of hydrogen-bond acceptors (Lipinski definition) is 5. The van der Waals surface area contributed by atoms with Crippen LogP contribution in [-0.2, 0) is 25.8 Å². The molecule has 0 aromatic heterocycles. The number of sulfone groups is 1. The molecule has 0 unspecified atom stereocenters. The summed E-state index contributed by atoms with van der Waals surface area (Å²) in [6, 6.07) is 7.87. The van der Waals surface area contributed by atoms with Crippen LogP contribution >= 0.6 is 0 Å². The third-order valence-electron chi connectivity index (χ3n) is 3.47. The number of amides is 1. The molecule has 1 aromatic rings. The fourth-order valence-electron chi connectivity index (χ4n) is 2.27. The van der Waals surface area contributed by atoms with Crippen LogP contribution in [0.3, 0.4) is 0 Å². The highest BCUT2D eigenvalue weighted by Crippen LogP contribution is 2.16. The van der Waals surface area contributed by atoms with Crippen LogP contribution in [0.5, 0.6) is 0 Å². The first-order chi connectivity index (χ1) is 10.4. The second-order valence-corrected chi connectivity index (χ2v) is 7.68. The third-order valence-corrected chi connectivity index (χ3v) is 4.42. The molecule has 0 atom stereocenters. The molecule has 1 saturated heterocycles. The number of ether oxygens (including phenoxy) is 1. The van der Waals surface area contributed by atoms with E-state index in [1.807, 2.05) is 24.3 Å². The van der Waals surface area contributed by atoms with Crippen LogP contribution in [0.4, 0.5) is 5.69 Å². The van der Waals surface area contributed by atoms with Crippen LogP contribution in [-0.4, -0.2) is 59.2 Å². The summed E-state index contributed by atoms with van der Waals surface area (Å²) in [7, 11) is -3.04. The molecular weight excluding hydrogens is 304 g/mol. The van der Waals surface area contributed by atoms with Gasteiger partial charge in [-0.05, 0) is 17.7 Å². The number of benzene rings is 1. The van der Waals surface area contributed by atoms with Crippen molar-refractivity contribution in [3.05, 3.63) is 29.8 Å². The normalized spacial score (nSPS) is 15.6. The highest BCUT2D eigenvalue weighted by molar-refractivity contribution is 7.90. The van der Waals surface area contributed by atoms with E-state index >= 15 is 0 Å². The zero-order valence-corrected chi connectivity index (χ0v) is 13.6. The van der Waals surface area contributed by atoms with Crippen molar-refractivity contribution in [3.63, 3.8) is 0 Å². The summed E-state index contributed by atoms with van der Waals surface area (Å²) in [5.74, 6) is -0.197. The quantitative estimate of drug-likeness (QED) is 0.810. The summed E-state index contributed by atoms with van der Waals surface area (Å²) in [6.07, 6.45) is 1.41. The van der Waals surface area contributed by atoms with Gasteiger partial charge >= 0.3 is 0 Å². The van der Waals surface area contributed by atoms with Gasteiger partial charge in [-0.3, -0.25) is 4.79 Å². The van der Waals surface area contributed by atoms with E-state index in [9.17, 15) is 13.2 Å². The van der Waals surface area contributed by atoms with Crippen molar-refractivity contribution in [3.8, 4) is 0 Å². The van der Waals surface area contributed by atoms with E-state index in [-0.39, 0.29) is 24.6 Å². The van der Waals surface area contributed by atoms with Crippen molar-refractivity contribution in [2.75, 3.05) is 49.8 Å². The maximum absolute atomic E-state index is 11.8. The van der Waals surface area contributed by atoms with Gasteiger partial charge in [-0.15, -0.1) is 0 Å². The molecule has 1 aliphatic rings. The molecule has 0 bridgehead atoms. The predicted octanol–water partition coefficient (Wildman–Crippen LogP) is 0.227. The monoisotopic (exact) mass is 326 g/mol. The van der Waals surface area contributed by atoms with Gasteiger partial charge in [0, 0.05) is 31.6 Å². The summed E-state index contributed by atoms with van der Waals surface area (Å²) >= 11 is 0. The van der Waals surface area contributed by atoms with Gasteiger partial charge in [0.2, 0.25) is 5.91 Å². The number of carbonyl (C=O) groups is 1. The Labute approximate surface area is 131 Å². The standard InChI is InChI=1S/C15H22N2O4S/c1-22(19,20)11-6-16-15(18)12-13-2-4-14(5-3-13)17-7-9-21-10-8-17/h2-5H,6-12H2,1H3,(H,16,18). The van der Waals surface area contributed by atoms with E-state index in [2.05, 4.69) is 10.2 Å². The molecule has 0 aliphatic carbocycles. The van der Waals surface area contributed by atoms with Crippen molar-refractivity contribution < 1.29 is 17.9 Å². The van der Waals surface area contributed by atoms with Gasteiger partial charge in [-0.1, -0.05) is 12.1 Å². The Kier molecular flexibility index (Phi) is 5.79. The number of rotatable bonds is 6. The number of nitrogens with zero attached hydrogens (tertiary/aromatic N) is 1. The number of morpholine rings is 1. The fraction of sp³-hybridized carbons (Fsp3) is 0.533. The van der Waals surface area contributed by atoms with Gasteiger partial charge in [0.25, 0.3) is 0 Å². The molecule has 7 heteroatoms. The SMILES string of the molecule is CS(=O)(=O)CCNC(=O)Cc1ccc(N2CCOCC2)cc1. The van der Waals surface area contributed by atoms with E-state index in [1.165, 1.54) is 0 Å². The maximum atomic E-state index is 11.8. The Morgan fingerprint density at radius 3 is 2.45 bits per heavy atom. The minimum absolute atomic E-state index is 0.0330. The number of nitrogens with one attached hydrogen (secondary N) is 1. The summed E-state index contributed by atoms with van der Waals surface area (Å²) in [4.78, 5) is 14.0. The van der Waals surface area contributed by atoms with Crippen LogP contribution < -0.4 is 10.2 Å². The Balaban J connectivity index is 1.81. The van der Waals surface area contributed by atoms with Gasteiger partial charge in [0.05, 0.1) is 25.4 Å². The first kappa shape index (κ1) is 16.8. The van der Waals surface area contributed by atoms with Crippen LogP contribution in [0.25, 0.3) is 0 Å². The molecule has 1 amide bonds. The van der Waals surface area contributed by atoms with Gasteiger partial charge < -0.3 is 15.0 Å². The number of hydrogen-bond donors (Lipinski definition) is 1. The Hall–Kier alpha value is -1.60. The van der Waals surface area contributed by atoms with Crippen molar-refractivity contribution >= 4 is 21.4 Å². The lowest BCUT2D eigenvalue weighted by atomic mass is 10.1. The van der Waals surface area contributed by atoms with E-state index in [0.29, 0.717) is 0 Å². The van der Waals surface area contributed by atoms with Gasteiger partial charge in [0.15, 0.2) is 0 Å². The summed E-state index contributed by atoms with van der Waals surface area (Å²) in [5, 5.41) is 2.62. The minimum Gasteiger partial charge on any atom is -0.378 e.